The fraction of sp³-hybridized carbons (Fsp3) is 0.440. The maximum atomic E-state index is 13.2. The van der Waals surface area contributed by atoms with Crippen LogP contribution in [0.15, 0.2) is 40.9 Å². The molecule has 5 rings (SSSR count). The molecule has 1 amide bonds. The van der Waals surface area contributed by atoms with E-state index >= 15 is 0 Å². The number of ether oxygens (including phenoxy) is 1. The second-order valence-corrected chi connectivity index (χ2v) is 10.6. The molecule has 0 unspecified atom stereocenters. The summed E-state index contributed by atoms with van der Waals surface area (Å²) in [5, 5.41) is 1.01. The molecule has 2 saturated heterocycles. The normalized spacial score (nSPS) is 17.4. The van der Waals surface area contributed by atoms with Gasteiger partial charge in [-0.2, -0.15) is 0 Å². The average molecular weight is 547 g/mol. The van der Waals surface area contributed by atoms with E-state index in [-0.39, 0.29) is 17.6 Å². The summed E-state index contributed by atoms with van der Waals surface area (Å²) in [6.07, 6.45) is 1.70. The predicted octanol–water partition coefficient (Wildman–Crippen LogP) is 5.16. The van der Waals surface area contributed by atoms with E-state index in [0.29, 0.717) is 19.7 Å². The molecule has 3 heterocycles. The van der Waals surface area contributed by atoms with Crippen molar-refractivity contribution in [2.45, 2.75) is 19.8 Å². The zero-order valence-corrected chi connectivity index (χ0v) is 21.6. The minimum absolute atomic E-state index is 0.0710. The van der Waals surface area contributed by atoms with Crippen LogP contribution in [-0.4, -0.2) is 61.7 Å². The Labute approximate surface area is 211 Å². The molecule has 1 aromatic heterocycles. The van der Waals surface area contributed by atoms with Gasteiger partial charge in [-0.05, 0) is 66.0 Å². The third-order valence-electron chi connectivity index (χ3n) is 6.63. The summed E-state index contributed by atoms with van der Waals surface area (Å²) in [5.74, 6) is 0.960. The second-order valence-electron chi connectivity index (χ2n) is 8.73. The number of rotatable bonds is 5. The molecule has 0 radical (unpaired) electrons. The summed E-state index contributed by atoms with van der Waals surface area (Å²) in [7, 11) is 0. The van der Waals surface area contributed by atoms with Crippen molar-refractivity contribution in [3.05, 3.63) is 46.7 Å². The van der Waals surface area contributed by atoms with E-state index in [1.807, 2.05) is 24.0 Å². The molecule has 2 aliphatic heterocycles. The standard InChI is InChI=1S/C25H28BrFN4O2S/c1-2-33-22-16-23-21(15-20(22)26)28-25(34-23)31-9-7-17(8-10-31)24(32)30-13-11-29(12-14-30)19-5-3-18(27)4-6-19/h3-6,15-17H,2,7-14H2,1H3. The number of piperidine rings is 1. The first kappa shape index (κ1) is 23.4. The molecule has 0 spiro atoms. The van der Waals surface area contributed by atoms with E-state index in [9.17, 15) is 9.18 Å². The molecule has 0 bridgehead atoms. The highest BCUT2D eigenvalue weighted by Gasteiger charge is 2.31. The number of piperazine rings is 1. The lowest BCUT2D eigenvalue weighted by molar-refractivity contribution is -0.136. The zero-order chi connectivity index (χ0) is 23.7. The first-order chi connectivity index (χ1) is 16.5. The molecule has 9 heteroatoms. The monoisotopic (exact) mass is 546 g/mol. The third kappa shape index (κ3) is 4.86. The van der Waals surface area contributed by atoms with Crippen LogP contribution in [0, 0.1) is 11.7 Å². The Morgan fingerprint density at radius 1 is 1.09 bits per heavy atom. The lowest BCUT2D eigenvalue weighted by atomic mass is 9.95. The van der Waals surface area contributed by atoms with E-state index in [4.69, 9.17) is 9.72 Å². The molecule has 0 atom stereocenters. The Morgan fingerprint density at radius 3 is 2.47 bits per heavy atom. The molecule has 3 aromatic rings. The summed E-state index contributed by atoms with van der Waals surface area (Å²) in [4.78, 5) is 24.5. The van der Waals surface area contributed by atoms with Crippen molar-refractivity contribution < 1.29 is 13.9 Å². The van der Waals surface area contributed by atoms with Crippen molar-refractivity contribution in [2.24, 2.45) is 5.92 Å². The number of fused-ring (bicyclic) bond motifs is 1. The molecule has 2 fully saturated rings. The molecule has 0 aliphatic carbocycles. The van der Waals surface area contributed by atoms with Gasteiger partial charge >= 0.3 is 0 Å². The van der Waals surface area contributed by atoms with E-state index in [0.717, 1.165) is 70.3 Å². The highest BCUT2D eigenvalue weighted by molar-refractivity contribution is 9.10. The number of thiazole rings is 1. The number of hydrogen-bond acceptors (Lipinski definition) is 6. The summed E-state index contributed by atoms with van der Waals surface area (Å²) in [6, 6.07) is 10.7. The van der Waals surface area contributed by atoms with E-state index < -0.39 is 0 Å². The van der Waals surface area contributed by atoms with Crippen LogP contribution in [0.2, 0.25) is 0 Å². The highest BCUT2D eigenvalue weighted by Crippen LogP contribution is 2.37. The first-order valence-electron chi connectivity index (χ1n) is 11.8. The van der Waals surface area contributed by atoms with Crippen molar-refractivity contribution in [1.29, 1.82) is 0 Å². The molecule has 2 aliphatic rings. The number of aromatic nitrogens is 1. The SMILES string of the molecule is CCOc1cc2sc(N3CCC(C(=O)N4CCN(c5ccc(F)cc5)CC4)CC3)nc2cc1Br. The highest BCUT2D eigenvalue weighted by atomic mass is 79.9. The Kier molecular flexibility index (Phi) is 6.92. The number of carbonyl (C=O) groups is 1. The summed E-state index contributed by atoms with van der Waals surface area (Å²) in [5.41, 5.74) is 1.98. The van der Waals surface area contributed by atoms with E-state index in [1.54, 1.807) is 23.5 Å². The number of nitrogens with zero attached hydrogens (tertiary/aromatic N) is 4. The lowest BCUT2D eigenvalue weighted by Gasteiger charge is -2.39. The topological polar surface area (TPSA) is 48.9 Å². The fourth-order valence-electron chi connectivity index (χ4n) is 4.73. The van der Waals surface area contributed by atoms with Crippen molar-refractivity contribution in [3.8, 4) is 5.75 Å². The quantitative estimate of drug-likeness (QED) is 0.442. The van der Waals surface area contributed by atoms with Crippen LogP contribution in [0.25, 0.3) is 10.2 Å². The number of hydrogen-bond donors (Lipinski definition) is 0. The number of benzene rings is 2. The van der Waals surface area contributed by atoms with Gasteiger partial charge in [0.25, 0.3) is 0 Å². The van der Waals surface area contributed by atoms with Crippen LogP contribution >= 0.6 is 27.3 Å². The van der Waals surface area contributed by atoms with Gasteiger partial charge in [0.2, 0.25) is 5.91 Å². The van der Waals surface area contributed by atoms with Crippen LogP contribution in [0.1, 0.15) is 19.8 Å². The minimum atomic E-state index is -0.224. The maximum absolute atomic E-state index is 13.2. The first-order valence-corrected chi connectivity index (χ1v) is 13.4. The van der Waals surface area contributed by atoms with Crippen molar-refractivity contribution in [1.82, 2.24) is 9.88 Å². The average Bonchev–Trinajstić information content (AvgIpc) is 3.27. The Morgan fingerprint density at radius 2 is 1.79 bits per heavy atom. The number of carbonyl (C=O) groups excluding carboxylic acids is 1. The van der Waals surface area contributed by atoms with Gasteiger partial charge in [-0.15, -0.1) is 0 Å². The van der Waals surface area contributed by atoms with Crippen molar-refractivity contribution >= 4 is 54.2 Å². The molecular formula is C25H28BrFN4O2S. The summed E-state index contributed by atoms with van der Waals surface area (Å²) < 4.78 is 20.9. The molecule has 6 nitrogen and oxygen atoms in total. The van der Waals surface area contributed by atoms with Crippen LogP contribution in [0.5, 0.6) is 5.75 Å². The van der Waals surface area contributed by atoms with Gasteiger partial charge in [0.1, 0.15) is 11.6 Å². The van der Waals surface area contributed by atoms with Gasteiger partial charge < -0.3 is 19.4 Å². The molecular weight excluding hydrogens is 519 g/mol. The van der Waals surface area contributed by atoms with Crippen LogP contribution in [-0.2, 0) is 4.79 Å². The van der Waals surface area contributed by atoms with Gasteiger partial charge in [0.05, 0.1) is 21.3 Å². The van der Waals surface area contributed by atoms with Crippen LogP contribution < -0.4 is 14.5 Å². The Bertz CT molecular complexity index is 1160. The smallest absolute Gasteiger partial charge is 0.225 e. The fourth-order valence-corrected chi connectivity index (χ4v) is 6.21. The van der Waals surface area contributed by atoms with Gasteiger partial charge in [0.15, 0.2) is 5.13 Å². The van der Waals surface area contributed by atoms with Crippen LogP contribution in [0.3, 0.4) is 0 Å². The number of amides is 1. The van der Waals surface area contributed by atoms with Gasteiger partial charge in [-0.1, -0.05) is 11.3 Å². The largest absolute Gasteiger partial charge is 0.493 e. The number of halogens is 2. The summed E-state index contributed by atoms with van der Waals surface area (Å²) in [6.45, 7) is 7.26. The summed E-state index contributed by atoms with van der Waals surface area (Å²) >= 11 is 5.25. The molecule has 0 saturated carbocycles. The van der Waals surface area contributed by atoms with Crippen molar-refractivity contribution in [2.75, 3.05) is 55.7 Å². The van der Waals surface area contributed by atoms with E-state index in [2.05, 4.69) is 25.7 Å². The molecule has 34 heavy (non-hydrogen) atoms. The zero-order valence-electron chi connectivity index (χ0n) is 19.2. The van der Waals surface area contributed by atoms with Crippen molar-refractivity contribution in [3.63, 3.8) is 0 Å². The predicted molar refractivity (Wildman–Crippen MR) is 139 cm³/mol. The molecule has 2 aromatic carbocycles. The van der Waals surface area contributed by atoms with Crippen LogP contribution in [0.4, 0.5) is 15.2 Å². The Balaban J connectivity index is 1.16. The number of anilines is 2. The van der Waals surface area contributed by atoms with Gasteiger partial charge in [0, 0.05) is 56.9 Å². The van der Waals surface area contributed by atoms with Gasteiger partial charge in [-0.3, -0.25) is 4.79 Å². The molecule has 0 N–H and O–H groups in total. The minimum Gasteiger partial charge on any atom is -0.493 e. The Hall–Kier alpha value is -2.39. The lowest BCUT2D eigenvalue weighted by Crippen LogP contribution is -2.51. The van der Waals surface area contributed by atoms with Gasteiger partial charge in [-0.25, -0.2) is 9.37 Å². The van der Waals surface area contributed by atoms with E-state index in [1.165, 1.54) is 12.1 Å². The second kappa shape index (κ2) is 10.1. The molecule has 180 valence electrons. The third-order valence-corrected chi connectivity index (χ3v) is 8.33. The maximum Gasteiger partial charge on any atom is 0.225 e.